The number of benzene rings is 1. The minimum atomic E-state index is -0.291. The predicted molar refractivity (Wildman–Crippen MR) is 71.2 cm³/mol. The van der Waals surface area contributed by atoms with Crippen LogP contribution in [0.4, 0.5) is 4.39 Å². The molecule has 0 aliphatic carbocycles. The molecule has 6 heteroatoms. The standard InChI is InChI=1S/C12H7ClFN3S/c13-7-5-10-11(15-6-7)17(12(18)16-10)9-3-1-8(14)2-4-9/h1-6H,(H,16,18). The molecule has 3 aromatic rings. The third-order valence-electron chi connectivity index (χ3n) is 2.57. The molecule has 0 aliphatic heterocycles. The normalized spacial score (nSPS) is 11.0. The van der Waals surface area contributed by atoms with Gasteiger partial charge in [-0.2, -0.15) is 0 Å². The maximum atomic E-state index is 12.9. The Morgan fingerprint density at radius 2 is 2.00 bits per heavy atom. The second-order valence-electron chi connectivity index (χ2n) is 3.77. The number of aromatic amines is 1. The zero-order valence-corrected chi connectivity index (χ0v) is 10.6. The molecule has 1 aromatic carbocycles. The maximum absolute atomic E-state index is 12.9. The summed E-state index contributed by atoms with van der Waals surface area (Å²) in [5, 5.41) is 0.532. The fraction of sp³-hybridized carbons (Fsp3) is 0. The zero-order chi connectivity index (χ0) is 12.7. The molecular formula is C12H7ClFN3S. The van der Waals surface area contributed by atoms with Crippen LogP contribution in [0.3, 0.4) is 0 Å². The molecule has 0 saturated carbocycles. The van der Waals surface area contributed by atoms with Crippen LogP contribution < -0.4 is 0 Å². The van der Waals surface area contributed by atoms with Crippen LogP contribution in [0.5, 0.6) is 0 Å². The Hall–Kier alpha value is -1.72. The molecule has 0 fully saturated rings. The van der Waals surface area contributed by atoms with Gasteiger partial charge in [0.15, 0.2) is 10.4 Å². The smallest absolute Gasteiger partial charge is 0.183 e. The van der Waals surface area contributed by atoms with Crippen LogP contribution in [0.15, 0.2) is 36.5 Å². The van der Waals surface area contributed by atoms with E-state index in [0.29, 0.717) is 15.4 Å². The highest BCUT2D eigenvalue weighted by atomic mass is 35.5. The lowest BCUT2D eigenvalue weighted by atomic mass is 10.3. The van der Waals surface area contributed by atoms with Crippen LogP contribution in [-0.4, -0.2) is 14.5 Å². The van der Waals surface area contributed by atoms with E-state index in [2.05, 4.69) is 9.97 Å². The Balaban J connectivity index is 2.32. The van der Waals surface area contributed by atoms with Crippen LogP contribution >= 0.6 is 23.8 Å². The van der Waals surface area contributed by atoms with Crippen molar-refractivity contribution in [1.82, 2.24) is 14.5 Å². The molecule has 18 heavy (non-hydrogen) atoms. The number of pyridine rings is 1. The van der Waals surface area contributed by atoms with E-state index >= 15 is 0 Å². The first-order valence-corrected chi connectivity index (χ1v) is 5.96. The molecule has 0 bridgehead atoms. The van der Waals surface area contributed by atoms with Crippen molar-refractivity contribution >= 4 is 35.0 Å². The molecule has 0 radical (unpaired) electrons. The molecule has 3 rings (SSSR count). The first kappa shape index (κ1) is 11.4. The van der Waals surface area contributed by atoms with Crippen molar-refractivity contribution in [3.05, 3.63) is 52.1 Å². The van der Waals surface area contributed by atoms with E-state index in [4.69, 9.17) is 23.8 Å². The van der Waals surface area contributed by atoms with Crippen molar-refractivity contribution in [2.75, 3.05) is 0 Å². The van der Waals surface area contributed by atoms with E-state index < -0.39 is 0 Å². The fourth-order valence-corrected chi connectivity index (χ4v) is 2.26. The Kier molecular flexibility index (Phi) is 2.65. The molecule has 90 valence electrons. The van der Waals surface area contributed by atoms with Crippen molar-refractivity contribution < 1.29 is 4.39 Å². The summed E-state index contributed by atoms with van der Waals surface area (Å²) in [5.74, 6) is -0.291. The monoisotopic (exact) mass is 279 g/mol. The summed E-state index contributed by atoms with van der Waals surface area (Å²) in [6.45, 7) is 0. The van der Waals surface area contributed by atoms with Crippen LogP contribution in [0, 0.1) is 10.6 Å². The van der Waals surface area contributed by atoms with E-state index in [1.54, 1.807) is 29.0 Å². The molecule has 0 saturated heterocycles. The fourth-order valence-electron chi connectivity index (χ4n) is 1.80. The van der Waals surface area contributed by atoms with Crippen molar-refractivity contribution in [2.45, 2.75) is 0 Å². The van der Waals surface area contributed by atoms with Gasteiger partial charge in [-0.1, -0.05) is 11.6 Å². The lowest BCUT2D eigenvalue weighted by molar-refractivity contribution is 0.627. The molecule has 1 N–H and O–H groups in total. The third kappa shape index (κ3) is 1.81. The van der Waals surface area contributed by atoms with Gasteiger partial charge in [0.05, 0.1) is 16.2 Å². The molecule has 0 aliphatic rings. The number of nitrogens with one attached hydrogen (secondary N) is 1. The predicted octanol–water partition coefficient (Wildman–Crippen LogP) is 3.88. The van der Waals surface area contributed by atoms with Gasteiger partial charge in [-0.25, -0.2) is 9.37 Å². The summed E-state index contributed by atoms with van der Waals surface area (Å²) < 4.78 is 15.1. The molecule has 2 aromatic heterocycles. The number of imidazole rings is 1. The highest BCUT2D eigenvalue weighted by Gasteiger charge is 2.08. The van der Waals surface area contributed by atoms with Gasteiger partial charge in [0.25, 0.3) is 0 Å². The van der Waals surface area contributed by atoms with Gasteiger partial charge < -0.3 is 4.98 Å². The summed E-state index contributed by atoms with van der Waals surface area (Å²) in [6.07, 6.45) is 1.55. The molecule has 0 atom stereocenters. The third-order valence-corrected chi connectivity index (χ3v) is 3.07. The minimum Gasteiger partial charge on any atom is -0.329 e. The number of hydrogen-bond acceptors (Lipinski definition) is 2. The average molecular weight is 280 g/mol. The van der Waals surface area contributed by atoms with Crippen molar-refractivity contribution in [2.24, 2.45) is 0 Å². The number of nitrogens with zero attached hydrogens (tertiary/aromatic N) is 2. The molecule has 0 spiro atoms. The van der Waals surface area contributed by atoms with E-state index in [1.165, 1.54) is 12.1 Å². The van der Waals surface area contributed by atoms with Gasteiger partial charge >= 0.3 is 0 Å². The van der Waals surface area contributed by atoms with Gasteiger partial charge in [0.1, 0.15) is 5.82 Å². The summed E-state index contributed by atoms with van der Waals surface area (Å²) in [4.78, 5) is 7.26. The minimum absolute atomic E-state index is 0.291. The number of H-pyrrole nitrogens is 1. The van der Waals surface area contributed by atoms with Gasteiger partial charge in [0, 0.05) is 6.20 Å². The van der Waals surface area contributed by atoms with Gasteiger partial charge in [-0.05, 0) is 42.5 Å². The topological polar surface area (TPSA) is 33.6 Å². The van der Waals surface area contributed by atoms with Crippen molar-refractivity contribution in [1.29, 1.82) is 0 Å². The van der Waals surface area contributed by atoms with E-state index in [0.717, 1.165) is 11.2 Å². The van der Waals surface area contributed by atoms with Crippen molar-refractivity contribution in [3.63, 3.8) is 0 Å². The summed E-state index contributed by atoms with van der Waals surface area (Å²) in [5.41, 5.74) is 2.16. The second-order valence-corrected chi connectivity index (χ2v) is 4.59. The van der Waals surface area contributed by atoms with E-state index in [-0.39, 0.29) is 5.82 Å². The van der Waals surface area contributed by atoms with Gasteiger partial charge in [-0.15, -0.1) is 0 Å². The maximum Gasteiger partial charge on any atom is 0.183 e. The molecule has 2 heterocycles. The quantitative estimate of drug-likeness (QED) is 0.686. The number of rotatable bonds is 1. The second kappa shape index (κ2) is 4.19. The Bertz CT molecular complexity index is 776. The highest BCUT2D eigenvalue weighted by molar-refractivity contribution is 7.71. The van der Waals surface area contributed by atoms with Crippen LogP contribution in [0.25, 0.3) is 16.9 Å². The number of aromatic nitrogens is 3. The lowest BCUT2D eigenvalue weighted by Crippen LogP contribution is -1.95. The molecule has 0 unspecified atom stereocenters. The van der Waals surface area contributed by atoms with Gasteiger partial charge in [-0.3, -0.25) is 4.57 Å². The number of hydrogen-bond donors (Lipinski definition) is 1. The number of halogens is 2. The van der Waals surface area contributed by atoms with Crippen LogP contribution in [0.2, 0.25) is 5.02 Å². The molecular weight excluding hydrogens is 273 g/mol. The Labute approximate surface area is 112 Å². The summed E-state index contributed by atoms with van der Waals surface area (Å²) in [6, 6.07) is 7.81. The molecule has 0 amide bonds. The largest absolute Gasteiger partial charge is 0.329 e. The summed E-state index contributed by atoms with van der Waals surface area (Å²) in [7, 11) is 0. The van der Waals surface area contributed by atoms with Crippen molar-refractivity contribution in [3.8, 4) is 5.69 Å². The molecule has 3 nitrogen and oxygen atoms in total. The van der Waals surface area contributed by atoms with E-state index in [1.807, 2.05) is 0 Å². The lowest BCUT2D eigenvalue weighted by Gasteiger charge is -2.03. The summed E-state index contributed by atoms with van der Waals surface area (Å²) >= 11 is 11.1. The SMILES string of the molecule is Fc1ccc(-n2c(=S)[nH]c3cc(Cl)cnc32)cc1. The van der Waals surface area contributed by atoms with E-state index in [9.17, 15) is 4.39 Å². The average Bonchev–Trinajstić information content (AvgIpc) is 2.65. The van der Waals surface area contributed by atoms with Crippen LogP contribution in [0.1, 0.15) is 0 Å². The Morgan fingerprint density at radius 3 is 2.72 bits per heavy atom. The zero-order valence-electron chi connectivity index (χ0n) is 9.02. The first-order chi connectivity index (χ1) is 8.65. The highest BCUT2D eigenvalue weighted by Crippen LogP contribution is 2.20. The number of fused-ring (bicyclic) bond motifs is 1. The van der Waals surface area contributed by atoms with Gasteiger partial charge in [0.2, 0.25) is 0 Å². The first-order valence-electron chi connectivity index (χ1n) is 5.17. The van der Waals surface area contributed by atoms with Crippen LogP contribution in [-0.2, 0) is 0 Å². The Morgan fingerprint density at radius 1 is 1.28 bits per heavy atom.